The molecule has 2 aromatic rings. The van der Waals surface area contributed by atoms with Crippen molar-refractivity contribution in [1.29, 1.82) is 0 Å². The molecular weight excluding hydrogens is 260 g/mol. The summed E-state index contributed by atoms with van der Waals surface area (Å²) in [7, 11) is 0. The topological polar surface area (TPSA) is 92.4 Å². The molecule has 0 unspecified atom stereocenters. The molecule has 6 nitrogen and oxygen atoms in total. The summed E-state index contributed by atoms with van der Waals surface area (Å²) < 4.78 is 1.04. The molecule has 6 heteroatoms. The summed E-state index contributed by atoms with van der Waals surface area (Å²) in [6.45, 7) is 3.40. The molecule has 0 saturated heterocycles. The van der Waals surface area contributed by atoms with Gasteiger partial charge in [-0.1, -0.05) is 30.3 Å². The van der Waals surface area contributed by atoms with Crippen molar-refractivity contribution in [2.75, 3.05) is 0 Å². The van der Waals surface area contributed by atoms with Crippen LogP contribution in [-0.4, -0.2) is 31.9 Å². The quantitative estimate of drug-likeness (QED) is 0.830. The minimum Gasteiger partial charge on any atom is -0.479 e. The standard InChI is InChI=1S/C14H14N2O4/c1-8-11(10-6-4-3-5-7-10)9(2)16(15-8)12(13(17)18)14(19)20/h3-7,12H,1-2H3,(H,17,18)(H,19,20). The lowest BCUT2D eigenvalue weighted by atomic mass is 10.0. The summed E-state index contributed by atoms with van der Waals surface area (Å²) in [6, 6.07) is 7.62. The molecule has 104 valence electrons. The van der Waals surface area contributed by atoms with Crippen LogP contribution in [0.25, 0.3) is 11.1 Å². The van der Waals surface area contributed by atoms with Gasteiger partial charge in [-0.3, -0.25) is 0 Å². The van der Waals surface area contributed by atoms with E-state index in [9.17, 15) is 9.59 Å². The molecule has 1 heterocycles. The molecule has 0 spiro atoms. The van der Waals surface area contributed by atoms with Crippen molar-refractivity contribution in [2.24, 2.45) is 0 Å². The van der Waals surface area contributed by atoms with Crippen molar-refractivity contribution in [3.8, 4) is 11.1 Å². The molecule has 0 fully saturated rings. The minimum atomic E-state index is -1.72. The maximum atomic E-state index is 11.1. The average Bonchev–Trinajstić information content (AvgIpc) is 2.65. The van der Waals surface area contributed by atoms with Crippen LogP contribution in [0.1, 0.15) is 17.4 Å². The Morgan fingerprint density at radius 1 is 1.10 bits per heavy atom. The number of hydrogen-bond acceptors (Lipinski definition) is 3. The number of carboxylic acids is 2. The number of carbonyl (C=O) groups is 2. The van der Waals surface area contributed by atoms with Crippen molar-refractivity contribution >= 4 is 11.9 Å². The molecule has 0 aliphatic carbocycles. The fraction of sp³-hybridized carbons (Fsp3) is 0.214. The maximum Gasteiger partial charge on any atom is 0.340 e. The number of benzene rings is 1. The van der Waals surface area contributed by atoms with Gasteiger partial charge < -0.3 is 10.2 Å². The highest BCUT2D eigenvalue weighted by Crippen LogP contribution is 2.28. The van der Waals surface area contributed by atoms with E-state index in [2.05, 4.69) is 5.10 Å². The van der Waals surface area contributed by atoms with Gasteiger partial charge in [0.1, 0.15) is 0 Å². The number of aromatic nitrogens is 2. The fourth-order valence-electron chi connectivity index (χ4n) is 2.25. The van der Waals surface area contributed by atoms with Gasteiger partial charge >= 0.3 is 11.9 Å². The number of aliphatic carboxylic acids is 2. The Hall–Kier alpha value is -2.63. The summed E-state index contributed by atoms with van der Waals surface area (Å²) in [5, 5.41) is 22.2. The Bertz CT molecular complexity index is 647. The summed E-state index contributed by atoms with van der Waals surface area (Å²) in [6.07, 6.45) is 0. The molecule has 0 aliphatic rings. The van der Waals surface area contributed by atoms with Gasteiger partial charge in [0.05, 0.1) is 5.69 Å². The predicted octanol–water partition coefficient (Wildman–Crippen LogP) is 1.88. The van der Waals surface area contributed by atoms with E-state index in [-0.39, 0.29) is 0 Å². The van der Waals surface area contributed by atoms with Crippen LogP contribution < -0.4 is 0 Å². The Labute approximate surface area is 115 Å². The third-order valence-corrected chi connectivity index (χ3v) is 3.10. The second-order valence-corrected chi connectivity index (χ2v) is 4.44. The monoisotopic (exact) mass is 274 g/mol. The lowest BCUT2D eigenvalue weighted by Gasteiger charge is -2.10. The highest BCUT2D eigenvalue weighted by atomic mass is 16.4. The molecule has 0 atom stereocenters. The molecule has 0 bridgehead atoms. The zero-order chi connectivity index (χ0) is 14.9. The predicted molar refractivity (Wildman–Crippen MR) is 71.4 cm³/mol. The van der Waals surface area contributed by atoms with Gasteiger partial charge in [0, 0.05) is 11.3 Å². The van der Waals surface area contributed by atoms with E-state index in [0.717, 1.165) is 15.8 Å². The second kappa shape index (κ2) is 5.16. The van der Waals surface area contributed by atoms with Crippen LogP contribution in [0.5, 0.6) is 0 Å². The van der Waals surface area contributed by atoms with Crippen molar-refractivity contribution in [3.63, 3.8) is 0 Å². The van der Waals surface area contributed by atoms with Gasteiger partial charge in [-0.25, -0.2) is 14.3 Å². The molecule has 2 rings (SSSR count). The van der Waals surface area contributed by atoms with Gasteiger partial charge in [-0.15, -0.1) is 0 Å². The minimum absolute atomic E-state index is 0.517. The zero-order valence-corrected chi connectivity index (χ0v) is 11.1. The first-order valence-corrected chi connectivity index (χ1v) is 6.00. The van der Waals surface area contributed by atoms with Crippen LogP contribution in [0, 0.1) is 13.8 Å². The van der Waals surface area contributed by atoms with Crippen LogP contribution in [-0.2, 0) is 9.59 Å². The van der Waals surface area contributed by atoms with Crippen LogP contribution in [0.2, 0.25) is 0 Å². The first kappa shape index (κ1) is 13.8. The van der Waals surface area contributed by atoms with Crippen molar-refractivity contribution < 1.29 is 19.8 Å². The molecule has 20 heavy (non-hydrogen) atoms. The highest BCUT2D eigenvalue weighted by Gasteiger charge is 2.31. The first-order valence-electron chi connectivity index (χ1n) is 6.00. The Balaban J connectivity index is 2.60. The van der Waals surface area contributed by atoms with Gasteiger partial charge in [0.15, 0.2) is 0 Å². The Morgan fingerprint density at radius 2 is 1.65 bits per heavy atom. The molecular formula is C14H14N2O4. The van der Waals surface area contributed by atoms with E-state index >= 15 is 0 Å². The third-order valence-electron chi connectivity index (χ3n) is 3.10. The highest BCUT2D eigenvalue weighted by molar-refractivity contribution is 5.95. The molecule has 1 aromatic carbocycles. The molecule has 2 N–H and O–H groups in total. The average molecular weight is 274 g/mol. The van der Waals surface area contributed by atoms with Gasteiger partial charge in [0.2, 0.25) is 6.04 Å². The molecule has 1 aromatic heterocycles. The van der Waals surface area contributed by atoms with Crippen LogP contribution in [0.15, 0.2) is 30.3 Å². The number of hydrogen-bond donors (Lipinski definition) is 2. The van der Waals surface area contributed by atoms with Gasteiger partial charge in [0.25, 0.3) is 0 Å². The fourth-order valence-corrected chi connectivity index (χ4v) is 2.25. The summed E-state index contributed by atoms with van der Waals surface area (Å²) >= 11 is 0. The van der Waals surface area contributed by atoms with E-state index < -0.39 is 18.0 Å². The zero-order valence-electron chi connectivity index (χ0n) is 11.1. The van der Waals surface area contributed by atoms with Crippen LogP contribution in [0.3, 0.4) is 0 Å². The van der Waals surface area contributed by atoms with Crippen LogP contribution >= 0.6 is 0 Å². The molecule has 0 saturated carbocycles. The number of rotatable bonds is 4. The normalized spacial score (nSPS) is 10.8. The largest absolute Gasteiger partial charge is 0.479 e. The first-order chi connectivity index (χ1) is 9.43. The van der Waals surface area contributed by atoms with Gasteiger partial charge in [-0.2, -0.15) is 5.10 Å². The number of aryl methyl sites for hydroxylation is 1. The van der Waals surface area contributed by atoms with Crippen molar-refractivity contribution in [3.05, 3.63) is 41.7 Å². The maximum absolute atomic E-state index is 11.1. The Morgan fingerprint density at radius 3 is 2.15 bits per heavy atom. The third kappa shape index (κ3) is 2.27. The van der Waals surface area contributed by atoms with E-state index in [0.29, 0.717) is 11.4 Å². The number of nitrogens with zero attached hydrogens (tertiary/aromatic N) is 2. The summed E-state index contributed by atoms with van der Waals surface area (Å²) in [4.78, 5) is 22.2. The number of carboxylic acid groups (broad SMARTS) is 2. The lowest BCUT2D eigenvalue weighted by Crippen LogP contribution is -2.28. The SMILES string of the molecule is Cc1nn(C(C(=O)O)C(=O)O)c(C)c1-c1ccccc1. The van der Waals surface area contributed by atoms with E-state index in [1.807, 2.05) is 30.3 Å². The van der Waals surface area contributed by atoms with Crippen molar-refractivity contribution in [1.82, 2.24) is 9.78 Å². The lowest BCUT2D eigenvalue weighted by molar-refractivity contribution is -0.153. The van der Waals surface area contributed by atoms with E-state index in [1.165, 1.54) is 0 Å². The summed E-state index contributed by atoms with van der Waals surface area (Å²) in [5.41, 5.74) is 2.76. The summed E-state index contributed by atoms with van der Waals surface area (Å²) in [5.74, 6) is -2.88. The Kier molecular flexibility index (Phi) is 3.56. The second-order valence-electron chi connectivity index (χ2n) is 4.44. The van der Waals surface area contributed by atoms with E-state index in [1.54, 1.807) is 13.8 Å². The van der Waals surface area contributed by atoms with E-state index in [4.69, 9.17) is 10.2 Å². The van der Waals surface area contributed by atoms with Gasteiger partial charge in [-0.05, 0) is 19.4 Å². The van der Waals surface area contributed by atoms with Crippen LogP contribution in [0.4, 0.5) is 0 Å². The van der Waals surface area contributed by atoms with Crippen molar-refractivity contribution in [2.45, 2.75) is 19.9 Å². The molecule has 0 radical (unpaired) electrons. The smallest absolute Gasteiger partial charge is 0.340 e. The molecule has 0 amide bonds. The molecule has 0 aliphatic heterocycles.